The van der Waals surface area contributed by atoms with Crippen molar-refractivity contribution in [2.75, 3.05) is 10.6 Å². The van der Waals surface area contributed by atoms with Crippen molar-refractivity contribution in [3.05, 3.63) is 120 Å². The van der Waals surface area contributed by atoms with Gasteiger partial charge in [-0.25, -0.2) is 0 Å². The number of nitrogens with one attached hydrogen (secondary N) is 2. The number of rotatable bonds is 6. The molecule has 0 aromatic heterocycles. The second-order valence-electron chi connectivity index (χ2n) is 7.21. The minimum Gasteiger partial charge on any atom is -0.321 e. The predicted molar refractivity (Wildman–Crippen MR) is 132 cm³/mol. The summed E-state index contributed by atoms with van der Waals surface area (Å²) in [6.07, 6.45) is 6.45. The SMILES string of the molecule is O=C(/C=C\c1ccccc1)Nc1cc2ccccc2cc1NC(=O)/C=C/c1ccccc1. The first-order valence-electron chi connectivity index (χ1n) is 10.3. The first-order chi connectivity index (χ1) is 15.7. The van der Waals surface area contributed by atoms with Crippen molar-refractivity contribution >= 4 is 46.1 Å². The molecule has 0 saturated carbocycles. The molecule has 0 fully saturated rings. The number of carbonyl (C=O) groups is 2. The van der Waals surface area contributed by atoms with Crippen molar-refractivity contribution < 1.29 is 9.59 Å². The number of carbonyl (C=O) groups excluding carboxylic acids is 2. The van der Waals surface area contributed by atoms with Crippen LogP contribution in [0.3, 0.4) is 0 Å². The molecule has 0 bridgehead atoms. The van der Waals surface area contributed by atoms with E-state index < -0.39 is 0 Å². The number of benzene rings is 4. The van der Waals surface area contributed by atoms with Gasteiger partial charge in [0.15, 0.2) is 0 Å². The minimum absolute atomic E-state index is 0.278. The van der Waals surface area contributed by atoms with Gasteiger partial charge in [0.1, 0.15) is 0 Å². The highest BCUT2D eigenvalue weighted by atomic mass is 16.2. The van der Waals surface area contributed by atoms with Crippen LogP contribution in [-0.2, 0) is 9.59 Å². The molecule has 4 rings (SSSR count). The molecule has 2 N–H and O–H groups in total. The largest absolute Gasteiger partial charge is 0.321 e. The van der Waals surface area contributed by atoms with Crippen molar-refractivity contribution in [1.82, 2.24) is 0 Å². The summed E-state index contributed by atoms with van der Waals surface area (Å²) in [5, 5.41) is 7.71. The Kier molecular flexibility index (Phi) is 6.54. The fourth-order valence-electron chi connectivity index (χ4n) is 3.27. The van der Waals surface area contributed by atoms with Crippen LogP contribution in [0, 0.1) is 0 Å². The molecule has 2 amide bonds. The first-order valence-corrected chi connectivity index (χ1v) is 10.3. The van der Waals surface area contributed by atoms with Gasteiger partial charge in [-0.15, -0.1) is 0 Å². The summed E-state index contributed by atoms with van der Waals surface area (Å²) >= 11 is 0. The summed E-state index contributed by atoms with van der Waals surface area (Å²) in [4.78, 5) is 25.1. The van der Waals surface area contributed by atoms with Gasteiger partial charge in [-0.2, -0.15) is 0 Å². The van der Waals surface area contributed by atoms with Gasteiger partial charge in [-0.3, -0.25) is 9.59 Å². The molecule has 0 radical (unpaired) electrons. The zero-order valence-corrected chi connectivity index (χ0v) is 17.4. The van der Waals surface area contributed by atoms with Crippen LogP contribution in [-0.4, -0.2) is 11.8 Å². The Morgan fingerprint density at radius 3 is 1.31 bits per heavy atom. The van der Waals surface area contributed by atoms with Crippen molar-refractivity contribution in [2.24, 2.45) is 0 Å². The lowest BCUT2D eigenvalue weighted by Gasteiger charge is -2.12. The van der Waals surface area contributed by atoms with E-state index in [0.717, 1.165) is 21.9 Å². The van der Waals surface area contributed by atoms with Crippen LogP contribution in [0.25, 0.3) is 22.9 Å². The number of amides is 2. The Bertz CT molecular complexity index is 1190. The van der Waals surface area contributed by atoms with Gasteiger partial charge in [0, 0.05) is 12.2 Å². The molecule has 156 valence electrons. The predicted octanol–water partition coefficient (Wildman–Crippen LogP) is 6.14. The van der Waals surface area contributed by atoms with Gasteiger partial charge in [0.05, 0.1) is 11.4 Å². The van der Waals surface area contributed by atoms with E-state index in [4.69, 9.17) is 0 Å². The summed E-state index contributed by atoms with van der Waals surface area (Å²) in [6.45, 7) is 0. The lowest BCUT2D eigenvalue weighted by molar-refractivity contribution is -0.112. The highest BCUT2D eigenvalue weighted by molar-refractivity contribution is 6.10. The normalized spacial score (nSPS) is 11.1. The first kappa shape index (κ1) is 20.8. The molecule has 0 spiro atoms. The molecule has 0 heterocycles. The average Bonchev–Trinajstić information content (AvgIpc) is 2.83. The molecule has 0 aliphatic heterocycles. The van der Waals surface area contributed by atoms with Crippen LogP contribution in [0.2, 0.25) is 0 Å². The smallest absolute Gasteiger partial charge is 0.248 e. The van der Waals surface area contributed by atoms with Gasteiger partial charge < -0.3 is 10.6 Å². The molecule has 0 aliphatic rings. The van der Waals surface area contributed by atoms with Crippen LogP contribution in [0.15, 0.2) is 109 Å². The molecule has 32 heavy (non-hydrogen) atoms. The monoisotopic (exact) mass is 418 g/mol. The Labute approximate surface area is 186 Å². The van der Waals surface area contributed by atoms with E-state index in [0.29, 0.717) is 11.4 Å². The molecule has 0 saturated heterocycles. The Morgan fingerprint density at radius 2 is 0.906 bits per heavy atom. The summed E-state index contributed by atoms with van der Waals surface area (Å²) < 4.78 is 0. The highest BCUT2D eigenvalue weighted by Gasteiger charge is 2.09. The van der Waals surface area contributed by atoms with Gasteiger partial charge in [-0.05, 0) is 46.2 Å². The topological polar surface area (TPSA) is 58.2 Å². The molecule has 4 heteroatoms. The van der Waals surface area contributed by atoms with Gasteiger partial charge >= 0.3 is 0 Å². The molecule has 0 atom stereocenters. The van der Waals surface area contributed by atoms with E-state index in [1.165, 1.54) is 12.2 Å². The van der Waals surface area contributed by atoms with E-state index in [1.54, 1.807) is 12.2 Å². The van der Waals surface area contributed by atoms with Crippen molar-refractivity contribution in [2.45, 2.75) is 0 Å². The second-order valence-corrected chi connectivity index (χ2v) is 7.21. The highest BCUT2D eigenvalue weighted by Crippen LogP contribution is 2.28. The maximum absolute atomic E-state index is 12.5. The van der Waals surface area contributed by atoms with E-state index in [1.807, 2.05) is 97.1 Å². The van der Waals surface area contributed by atoms with E-state index in [2.05, 4.69) is 10.6 Å². The quantitative estimate of drug-likeness (QED) is 0.369. The fourth-order valence-corrected chi connectivity index (χ4v) is 3.27. The second kappa shape index (κ2) is 10.0. The van der Waals surface area contributed by atoms with E-state index in [-0.39, 0.29) is 11.8 Å². The summed E-state index contributed by atoms with van der Waals surface area (Å²) in [5.74, 6) is -0.557. The molecule has 4 aromatic carbocycles. The zero-order chi connectivity index (χ0) is 22.2. The standard InChI is InChI=1S/C28H22N2O2/c31-27(17-15-21-9-3-1-4-10-21)29-25-19-23-13-7-8-14-24(23)20-26(25)30-28(32)18-16-22-11-5-2-6-12-22/h1-20H,(H,29,31)(H,30,32)/b17-15-,18-16+. The summed E-state index contributed by atoms with van der Waals surface area (Å²) in [5.41, 5.74) is 2.93. The number of anilines is 2. The third-order valence-electron chi connectivity index (χ3n) is 4.86. The average molecular weight is 418 g/mol. The Morgan fingerprint density at radius 1 is 0.531 bits per heavy atom. The minimum atomic E-state index is -0.278. The van der Waals surface area contributed by atoms with Gasteiger partial charge in [0.2, 0.25) is 11.8 Å². The summed E-state index contributed by atoms with van der Waals surface area (Å²) in [7, 11) is 0. The van der Waals surface area contributed by atoms with Gasteiger partial charge in [-0.1, -0.05) is 84.9 Å². The van der Waals surface area contributed by atoms with Crippen LogP contribution >= 0.6 is 0 Å². The van der Waals surface area contributed by atoms with E-state index in [9.17, 15) is 9.59 Å². The number of hydrogen-bond donors (Lipinski definition) is 2. The maximum atomic E-state index is 12.5. The molecule has 0 unspecified atom stereocenters. The number of hydrogen-bond acceptors (Lipinski definition) is 2. The molecule has 4 aromatic rings. The number of fused-ring (bicyclic) bond motifs is 1. The maximum Gasteiger partial charge on any atom is 0.248 e. The van der Waals surface area contributed by atoms with Crippen LogP contribution in [0.1, 0.15) is 11.1 Å². The fraction of sp³-hybridized carbons (Fsp3) is 0. The third-order valence-corrected chi connectivity index (χ3v) is 4.86. The lowest BCUT2D eigenvalue weighted by atomic mass is 10.1. The Hall–Kier alpha value is -4.44. The van der Waals surface area contributed by atoms with Crippen molar-refractivity contribution in [1.29, 1.82) is 0 Å². The van der Waals surface area contributed by atoms with Gasteiger partial charge in [0.25, 0.3) is 0 Å². The van der Waals surface area contributed by atoms with Crippen LogP contribution in [0.4, 0.5) is 11.4 Å². The van der Waals surface area contributed by atoms with Crippen LogP contribution in [0.5, 0.6) is 0 Å². The Balaban J connectivity index is 1.56. The molecule has 4 nitrogen and oxygen atoms in total. The molecular formula is C28H22N2O2. The van der Waals surface area contributed by atoms with E-state index >= 15 is 0 Å². The zero-order valence-electron chi connectivity index (χ0n) is 17.4. The van der Waals surface area contributed by atoms with Crippen LogP contribution < -0.4 is 10.6 Å². The van der Waals surface area contributed by atoms with Crippen molar-refractivity contribution in [3.8, 4) is 0 Å². The molecule has 0 aliphatic carbocycles. The summed E-state index contributed by atoms with van der Waals surface area (Å²) in [6, 6.07) is 30.7. The van der Waals surface area contributed by atoms with Crippen molar-refractivity contribution in [3.63, 3.8) is 0 Å². The third kappa shape index (κ3) is 5.58. The lowest BCUT2D eigenvalue weighted by Crippen LogP contribution is -2.13. The molecular weight excluding hydrogens is 396 g/mol.